The van der Waals surface area contributed by atoms with Crippen LogP contribution in [0.4, 0.5) is 0 Å². The van der Waals surface area contributed by atoms with Crippen molar-refractivity contribution in [2.75, 3.05) is 13.2 Å². The van der Waals surface area contributed by atoms with Gasteiger partial charge < -0.3 is 23.7 Å². The molecule has 2 spiro atoms. The van der Waals surface area contributed by atoms with Crippen LogP contribution in [0.25, 0.3) is 0 Å². The van der Waals surface area contributed by atoms with Gasteiger partial charge in [-0.1, -0.05) is 0 Å². The van der Waals surface area contributed by atoms with Crippen molar-refractivity contribution in [3.63, 3.8) is 0 Å². The lowest BCUT2D eigenvalue weighted by atomic mass is 9.51. The highest BCUT2D eigenvalue weighted by atomic mass is 16.7. The van der Waals surface area contributed by atoms with E-state index in [4.69, 9.17) is 23.7 Å². The summed E-state index contributed by atoms with van der Waals surface area (Å²) in [6.07, 6.45) is 3.39. The van der Waals surface area contributed by atoms with E-state index in [9.17, 15) is 9.59 Å². The molecule has 0 amide bonds. The molecule has 1 aliphatic carbocycles. The molecule has 0 N–H and O–H groups in total. The summed E-state index contributed by atoms with van der Waals surface area (Å²) in [6, 6.07) is 0. The molecule has 7 aliphatic rings. The van der Waals surface area contributed by atoms with Crippen LogP contribution in [-0.4, -0.2) is 49.3 Å². The lowest BCUT2D eigenvalue weighted by Gasteiger charge is -2.65. The Kier molecular flexibility index (Phi) is 2.75. The number of hydrogen-bond acceptors (Lipinski definition) is 7. The van der Waals surface area contributed by atoms with Crippen molar-refractivity contribution in [3.05, 3.63) is 23.0 Å². The van der Waals surface area contributed by atoms with Crippen molar-refractivity contribution < 1.29 is 33.3 Å². The van der Waals surface area contributed by atoms with E-state index in [1.165, 1.54) is 6.26 Å². The van der Waals surface area contributed by atoms with Gasteiger partial charge in [0, 0.05) is 12.8 Å². The van der Waals surface area contributed by atoms with E-state index in [0.29, 0.717) is 37.2 Å². The third-order valence-electron chi connectivity index (χ3n) is 7.25. The highest BCUT2D eigenvalue weighted by Gasteiger charge is 2.70. The molecule has 6 atom stereocenters. The number of cyclic esters (lactones) is 2. The van der Waals surface area contributed by atoms with Crippen molar-refractivity contribution in [3.8, 4) is 0 Å². The number of carbonyl (C=O) groups is 2. The second-order valence-electron chi connectivity index (χ2n) is 8.11. The molecule has 0 aromatic heterocycles. The smallest absolute Gasteiger partial charge is 0.340 e. The average Bonchev–Trinajstić information content (AvgIpc) is 2.61. The number of ether oxygens (including phenoxy) is 5. The van der Waals surface area contributed by atoms with Gasteiger partial charge in [-0.3, -0.25) is 0 Å². The summed E-state index contributed by atoms with van der Waals surface area (Å²) >= 11 is 0. The monoisotopic (exact) mass is 360 g/mol. The predicted octanol–water partition coefficient (Wildman–Crippen LogP) is 1.37. The van der Waals surface area contributed by atoms with E-state index in [1.54, 1.807) is 0 Å². The van der Waals surface area contributed by atoms with Crippen LogP contribution in [0.1, 0.15) is 32.6 Å². The van der Waals surface area contributed by atoms with Crippen LogP contribution in [0.3, 0.4) is 0 Å². The third-order valence-corrected chi connectivity index (χ3v) is 7.25. The maximum absolute atomic E-state index is 12.4. The molecular weight excluding hydrogens is 340 g/mol. The lowest BCUT2D eigenvalue weighted by Crippen LogP contribution is -2.70. The standard InChI is InChI=1S/C19H20O7/c1-9-19-10(6-13(25-9)14-11(19)2-4-22-16(14)21)7-18-3-5-23-15(20)12(18)8-24-17(19)26-18/h8-10,13,17H,2-7H2,1H3/t9-,10+,13-,17+,18-,19-/m1/s1. The maximum Gasteiger partial charge on any atom is 0.340 e. The first-order chi connectivity index (χ1) is 12.6. The summed E-state index contributed by atoms with van der Waals surface area (Å²) in [5, 5.41) is 0. The first-order valence-corrected chi connectivity index (χ1v) is 9.33. The van der Waals surface area contributed by atoms with Crippen LogP contribution in [0, 0.1) is 11.3 Å². The van der Waals surface area contributed by atoms with Gasteiger partial charge in [-0.25, -0.2) is 9.59 Å². The highest BCUT2D eigenvalue weighted by Crippen LogP contribution is 2.65. The minimum Gasteiger partial charge on any atom is -0.471 e. The molecule has 0 aromatic carbocycles. The summed E-state index contributed by atoms with van der Waals surface area (Å²) in [6.45, 7) is 2.79. The largest absolute Gasteiger partial charge is 0.471 e. The van der Waals surface area contributed by atoms with Crippen LogP contribution in [0.5, 0.6) is 0 Å². The zero-order valence-electron chi connectivity index (χ0n) is 14.5. The molecule has 0 radical (unpaired) electrons. The van der Waals surface area contributed by atoms with E-state index in [0.717, 1.165) is 18.4 Å². The number of esters is 2. The Labute approximate surface area is 150 Å². The number of rotatable bonds is 0. The minimum absolute atomic E-state index is 0.122. The van der Waals surface area contributed by atoms with Gasteiger partial charge >= 0.3 is 11.9 Å². The highest BCUT2D eigenvalue weighted by molar-refractivity contribution is 5.93. The van der Waals surface area contributed by atoms with Gasteiger partial charge in [0.25, 0.3) is 0 Å². The molecule has 3 fully saturated rings. The molecule has 26 heavy (non-hydrogen) atoms. The van der Waals surface area contributed by atoms with Crippen molar-refractivity contribution in [1.29, 1.82) is 0 Å². The normalized spacial score (nSPS) is 48.4. The Morgan fingerprint density at radius 2 is 2.00 bits per heavy atom. The second-order valence-corrected chi connectivity index (χ2v) is 8.11. The Hall–Kier alpha value is -1.86. The van der Waals surface area contributed by atoms with Crippen LogP contribution in [0.15, 0.2) is 23.0 Å². The van der Waals surface area contributed by atoms with Crippen molar-refractivity contribution in [1.82, 2.24) is 0 Å². The van der Waals surface area contributed by atoms with Gasteiger partial charge in [-0.05, 0) is 31.3 Å². The Balaban J connectivity index is 1.54. The predicted molar refractivity (Wildman–Crippen MR) is 84.4 cm³/mol. The summed E-state index contributed by atoms with van der Waals surface area (Å²) in [4.78, 5) is 24.7. The minimum atomic E-state index is -0.638. The maximum atomic E-state index is 12.4. The number of carbonyl (C=O) groups excluding carboxylic acids is 2. The zero-order valence-corrected chi connectivity index (χ0v) is 14.5. The molecule has 6 aliphatic heterocycles. The SMILES string of the molecule is C[C@H]1O[C@@H]2C[C@H]3C[C@]45CCOC(=O)C4=CO[C@@H](O5)[C@@]31C1=C2C(=O)OCC1. The summed E-state index contributed by atoms with van der Waals surface area (Å²) in [7, 11) is 0. The van der Waals surface area contributed by atoms with Crippen molar-refractivity contribution in [2.45, 2.75) is 56.7 Å². The molecule has 138 valence electrons. The number of fused-ring (bicyclic) bond motifs is 2. The Bertz CT molecular complexity index is 798. The molecule has 6 heterocycles. The first kappa shape index (κ1) is 15.2. The van der Waals surface area contributed by atoms with Crippen molar-refractivity contribution >= 4 is 11.9 Å². The Morgan fingerprint density at radius 3 is 2.88 bits per heavy atom. The summed E-state index contributed by atoms with van der Waals surface area (Å²) in [5.74, 6) is -0.388. The third kappa shape index (κ3) is 1.54. The van der Waals surface area contributed by atoms with Crippen molar-refractivity contribution in [2.24, 2.45) is 11.3 Å². The molecule has 0 saturated carbocycles. The van der Waals surface area contributed by atoms with Crippen LogP contribution in [0.2, 0.25) is 0 Å². The fourth-order valence-corrected chi connectivity index (χ4v) is 6.23. The van der Waals surface area contributed by atoms with Gasteiger partial charge in [0.15, 0.2) is 0 Å². The van der Waals surface area contributed by atoms with E-state index in [-0.39, 0.29) is 30.1 Å². The van der Waals surface area contributed by atoms with Gasteiger partial charge in [0.1, 0.15) is 11.2 Å². The van der Waals surface area contributed by atoms with Crippen LogP contribution < -0.4 is 0 Å². The Morgan fingerprint density at radius 1 is 1.15 bits per heavy atom. The molecule has 0 aromatic rings. The topological polar surface area (TPSA) is 80.3 Å². The fourth-order valence-electron chi connectivity index (χ4n) is 6.23. The van der Waals surface area contributed by atoms with Gasteiger partial charge in [0.05, 0.1) is 42.7 Å². The molecule has 7 rings (SSSR count). The lowest BCUT2D eigenvalue weighted by molar-refractivity contribution is -0.337. The summed E-state index contributed by atoms with van der Waals surface area (Å²) < 4.78 is 29.1. The van der Waals surface area contributed by atoms with E-state index in [1.807, 2.05) is 6.92 Å². The fraction of sp³-hybridized carbons (Fsp3) is 0.684. The van der Waals surface area contributed by atoms with E-state index in [2.05, 4.69) is 0 Å². The zero-order chi connectivity index (χ0) is 17.7. The number of hydrogen-bond donors (Lipinski definition) is 0. The molecule has 3 saturated heterocycles. The van der Waals surface area contributed by atoms with Gasteiger partial charge in [0.2, 0.25) is 6.29 Å². The summed E-state index contributed by atoms with van der Waals surface area (Å²) in [5.41, 5.74) is 1.11. The molecule has 4 bridgehead atoms. The molecule has 7 nitrogen and oxygen atoms in total. The first-order valence-electron chi connectivity index (χ1n) is 9.33. The molecule has 7 heteroatoms. The van der Waals surface area contributed by atoms with E-state index >= 15 is 0 Å². The van der Waals surface area contributed by atoms with Crippen LogP contribution in [-0.2, 0) is 33.3 Å². The van der Waals surface area contributed by atoms with Gasteiger partial charge in [-0.2, -0.15) is 0 Å². The quantitative estimate of drug-likeness (QED) is 0.604. The van der Waals surface area contributed by atoms with E-state index < -0.39 is 17.3 Å². The average molecular weight is 360 g/mol. The molecular formula is C19H20O7. The van der Waals surface area contributed by atoms with Gasteiger partial charge in [-0.15, -0.1) is 0 Å². The second kappa shape index (κ2) is 4.70. The van der Waals surface area contributed by atoms with Crippen LogP contribution >= 0.6 is 0 Å². The molecule has 0 unspecified atom stereocenters.